The molecule has 1 saturated heterocycles. The predicted molar refractivity (Wildman–Crippen MR) is 105 cm³/mol. The molecule has 0 saturated carbocycles. The van der Waals surface area contributed by atoms with Gasteiger partial charge in [-0.2, -0.15) is 4.31 Å². The summed E-state index contributed by atoms with van der Waals surface area (Å²) in [5, 5.41) is 2.86. The van der Waals surface area contributed by atoms with Crippen LogP contribution in [0.3, 0.4) is 0 Å². The number of benzene rings is 2. The van der Waals surface area contributed by atoms with Crippen molar-refractivity contribution in [1.29, 1.82) is 0 Å². The molecule has 0 aromatic heterocycles. The van der Waals surface area contributed by atoms with Gasteiger partial charge in [0.15, 0.2) is 0 Å². The van der Waals surface area contributed by atoms with Gasteiger partial charge in [-0.25, -0.2) is 8.42 Å². The van der Waals surface area contributed by atoms with Crippen molar-refractivity contribution in [1.82, 2.24) is 4.31 Å². The molecule has 2 aromatic rings. The van der Waals surface area contributed by atoms with E-state index in [1.807, 2.05) is 31.2 Å². The van der Waals surface area contributed by atoms with Crippen LogP contribution in [0.2, 0.25) is 0 Å². The number of morpholine rings is 1. The maximum absolute atomic E-state index is 12.9. The quantitative estimate of drug-likeness (QED) is 0.855. The van der Waals surface area contributed by atoms with Gasteiger partial charge in [0.1, 0.15) is 0 Å². The number of rotatable bonds is 5. The van der Waals surface area contributed by atoms with Gasteiger partial charge in [0.2, 0.25) is 10.0 Å². The first-order chi connectivity index (χ1) is 12.9. The van der Waals surface area contributed by atoms with Gasteiger partial charge in [-0.05, 0) is 48.7 Å². The number of carbonyl (C=O) groups excluding carboxylic acids is 1. The van der Waals surface area contributed by atoms with Gasteiger partial charge < -0.3 is 10.1 Å². The number of ether oxygens (including phenoxy) is 1. The molecule has 144 valence electrons. The van der Waals surface area contributed by atoms with Crippen molar-refractivity contribution >= 4 is 21.6 Å². The first-order valence-electron chi connectivity index (χ1n) is 9.00. The Morgan fingerprint density at radius 2 is 1.89 bits per heavy atom. The molecule has 1 fully saturated rings. The summed E-state index contributed by atoms with van der Waals surface area (Å²) >= 11 is 0. The first-order valence-corrected chi connectivity index (χ1v) is 10.4. The number of carbonyl (C=O) groups is 1. The van der Waals surface area contributed by atoms with Gasteiger partial charge >= 0.3 is 0 Å². The highest BCUT2D eigenvalue weighted by atomic mass is 32.2. The van der Waals surface area contributed by atoms with Gasteiger partial charge in [0, 0.05) is 24.3 Å². The van der Waals surface area contributed by atoms with Crippen LogP contribution in [0.25, 0.3) is 0 Å². The lowest BCUT2D eigenvalue weighted by atomic mass is 10.1. The summed E-state index contributed by atoms with van der Waals surface area (Å²) in [6, 6.07) is 12.3. The molecule has 27 heavy (non-hydrogen) atoms. The zero-order chi connectivity index (χ0) is 19.4. The van der Waals surface area contributed by atoms with E-state index in [1.54, 1.807) is 19.1 Å². The van der Waals surface area contributed by atoms with Crippen LogP contribution < -0.4 is 5.32 Å². The second kappa shape index (κ2) is 8.21. The zero-order valence-electron chi connectivity index (χ0n) is 15.6. The molecular formula is C20H24N2O4S. The number of anilines is 1. The van der Waals surface area contributed by atoms with Gasteiger partial charge in [-0.3, -0.25) is 4.79 Å². The summed E-state index contributed by atoms with van der Waals surface area (Å²) in [7, 11) is -3.65. The molecule has 1 amide bonds. The van der Waals surface area contributed by atoms with Crippen molar-refractivity contribution in [2.45, 2.75) is 25.2 Å². The molecule has 0 atom stereocenters. The molecule has 1 aliphatic heterocycles. The Morgan fingerprint density at radius 3 is 2.59 bits per heavy atom. The largest absolute Gasteiger partial charge is 0.379 e. The molecule has 0 spiro atoms. The Morgan fingerprint density at radius 1 is 1.15 bits per heavy atom. The molecule has 0 radical (unpaired) electrons. The lowest BCUT2D eigenvalue weighted by molar-refractivity contribution is 0.0730. The summed E-state index contributed by atoms with van der Waals surface area (Å²) in [5.74, 6) is -0.320. The standard InChI is InChI=1S/C20H24N2O4S/c1-3-16-5-4-6-17(13-16)21-20(23)19-14-18(8-7-15(19)2)27(24,25)22-9-11-26-12-10-22/h4-8,13-14H,3,9-12H2,1-2H3,(H,21,23). The molecule has 2 aromatic carbocycles. The van der Waals surface area contributed by atoms with Gasteiger partial charge in [-0.1, -0.05) is 25.1 Å². The third kappa shape index (κ3) is 4.37. The molecule has 1 aliphatic rings. The average molecular weight is 388 g/mol. The Bertz CT molecular complexity index is 935. The minimum absolute atomic E-state index is 0.127. The Hall–Kier alpha value is -2.22. The van der Waals surface area contributed by atoms with Crippen molar-refractivity contribution in [2.24, 2.45) is 0 Å². The molecule has 1 N–H and O–H groups in total. The van der Waals surface area contributed by atoms with E-state index in [4.69, 9.17) is 4.74 Å². The lowest BCUT2D eigenvalue weighted by Crippen LogP contribution is -2.40. The maximum Gasteiger partial charge on any atom is 0.255 e. The van der Waals surface area contributed by atoms with Crippen molar-refractivity contribution in [2.75, 3.05) is 31.6 Å². The highest BCUT2D eigenvalue weighted by Crippen LogP contribution is 2.22. The number of nitrogens with one attached hydrogen (secondary N) is 1. The zero-order valence-corrected chi connectivity index (χ0v) is 16.4. The van der Waals surface area contributed by atoms with E-state index in [2.05, 4.69) is 5.32 Å². The fourth-order valence-corrected chi connectivity index (χ4v) is 4.44. The number of amides is 1. The topological polar surface area (TPSA) is 75.7 Å². The third-order valence-corrected chi connectivity index (χ3v) is 6.55. The van der Waals surface area contributed by atoms with Crippen molar-refractivity contribution in [3.05, 3.63) is 59.2 Å². The minimum Gasteiger partial charge on any atom is -0.379 e. The van der Waals surface area contributed by atoms with Crippen molar-refractivity contribution < 1.29 is 17.9 Å². The van der Waals surface area contributed by atoms with E-state index in [0.717, 1.165) is 17.5 Å². The number of hydrogen-bond donors (Lipinski definition) is 1. The molecule has 0 aliphatic carbocycles. The molecule has 0 unspecified atom stereocenters. The van der Waals surface area contributed by atoms with E-state index in [0.29, 0.717) is 37.6 Å². The molecular weight excluding hydrogens is 364 g/mol. The monoisotopic (exact) mass is 388 g/mol. The lowest BCUT2D eigenvalue weighted by Gasteiger charge is -2.26. The van der Waals surface area contributed by atoms with Crippen molar-refractivity contribution in [3.63, 3.8) is 0 Å². The number of hydrogen-bond acceptors (Lipinski definition) is 4. The highest BCUT2D eigenvalue weighted by molar-refractivity contribution is 7.89. The molecule has 0 bridgehead atoms. The van der Waals surface area contributed by atoms with Crippen LogP contribution in [0.4, 0.5) is 5.69 Å². The average Bonchev–Trinajstić information content (AvgIpc) is 2.69. The summed E-state index contributed by atoms with van der Waals surface area (Å²) in [4.78, 5) is 12.9. The van der Waals surface area contributed by atoms with Gasteiger partial charge in [-0.15, -0.1) is 0 Å². The Kier molecular flexibility index (Phi) is 5.94. The minimum atomic E-state index is -3.65. The van der Waals surface area contributed by atoms with E-state index >= 15 is 0 Å². The summed E-state index contributed by atoms with van der Waals surface area (Å²) in [6.07, 6.45) is 0.871. The molecule has 7 heteroatoms. The second-order valence-corrected chi connectivity index (χ2v) is 8.44. The highest BCUT2D eigenvalue weighted by Gasteiger charge is 2.27. The van der Waals surface area contributed by atoms with E-state index in [-0.39, 0.29) is 10.8 Å². The van der Waals surface area contributed by atoms with Crippen LogP contribution in [0, 0.1) is 6.92 Å². The predicted octanol–water partition coefficient (Wildman–Crippen LogP) is 2.83. The first kappa shape index (κ1) is 19.5. The van der Waals surface area contributed by atoms with Crippen LogP contribution in [0.5, 0.6) is 0 Å². The SMILES string of the molecule is CCc1cccc(NC(=O)c2cc(S(=O)(=O)N3CCOCC3)ccc2C)c1. The van der Waals surface area contributed by atoms with Crippen LogP contribution in [0.15, 0.2) is 47.4 Å². The summed E-state index contributed by atoms with van der Waals surface area (Å²) < 4.78 is 32.3. The smallest absolute Gasteiger partial charge is 0.255 e. The fourth-order valence-electron chi connectivity index (χ4n) is 3.01. The second-order valence-electron chi connectivity index (χ2n) is 6.50. The molecule has 3 rings (SSSR count). The Labute approximate surface area is 160 Å². The van der Waals surface area contributed by atoms with Crippen LogP contribution in [-0.4, -0.2) is 44.9 Å². The van der Waals surface area contributed by atoms with Gasteiger partial charge in [0.05, 0.1) is 18.1 Å². The van der Waals surface area contributed by atoms with Gasteiger partial charge in [0.25, 0.3) is 5.91 Å². The number of nitrogens with zero attached hydrogens (tertiary/aromatic N) is 1. The number of aryl methyl sites for hydroxylation is 2. The summed E-state index contributed by atoms with van der Waals surface area (Å²) in [5.41, 5.74) is 2.89. The fraction of sp³-hybridized carbons (Fsp3) is 0.350. The normalized spacial score (nSPS) is 15.5. The Balaban J connectivity index is 1.87. The van der Waals surface area contributed by atoms with Crippen LogP contribution >= 0.6 is 0 Å². The number of sulfonamides is 1. The third-order valence-electron chi connectivity index (χ3n) is 4.65. The van der Waals surface area contributed by atoms with Crippen LogP contribution in [0.1, 0.15) is 28.4 Å². The molecule has 1 heterocycles. The van der Waals surface area contributed by atoms with E-state index < -0.39 is 10.0 Å². The van der Waals surface area contributed by atoms with E-state index in [9.17, 15) is 13.2 Å². The van der Waals surface area contributed by atoms with Crippen LogP contribution in [-0.2, 0) is 21.2 Å². The maximum atomic E-state index is 12.9. The van der Waals surface area contributed by atoms with E-state index in [1.165, 1.54) is 10.4 Å². The summed E-state index contributed by atoms with van der Waals surface area (Å²) in [6.45, 7) is 5.25. The van der Waals surface area contributed by atoms with Crippen molar-refractivity contribution in [3.8, 4) is 0 Å². The molecule has 6 nitrogen and oxygen atoms in total.